The zero-order valence-electron chi connectivity index (χ0n) is 31.1. The average molecular weight is 689 g/mol. The van der Waals surface area contributed by atoms with Gasteiger partial charge in [0.2, 0.25) is 11.8 Å². The Balaban J connectivity index is 1.26. The van der Waals surface area contributed by atoms with E-state index < -0.39 is 12.1 Å². The van der Waals surface area contributed by atoms with Gasteiger partial charge in [-0.2, -0.15) is 0 Å². The summed E-state index contributed by atoms with van der Waals surface area (Å²) in [5, 5.41) is 6.72. The highest BCUT2D eigenvalue weighted by molar-refractivity contribution is 5.90. The van der Waals surface area contributed by atoms with Gasteiger partial charge in [-0.3, -0.25) is 14.5 Å². The molecule has 270 valence electrons. The van der Waals surface area contributed by atoms with Crippen LogP contribution in [0.3, 0.4) is 0 Å². The minimum absolute atomic E-state index is 0.0341. The summed E-state index contributed by atoms with van der Waals surface area (Å²) in [7, 11) is 0. The van der Waals surface area contributed by atoms with Crippen molar-refractivity contribution < 1.29 is 14.3 Å². The summed E-state index contributed by atoms with van der Waals surface area (Å²) in [6, 6.07) is 35.9. The minimum atomic E-state index is -0.684. The number of nitrogens with zero attached hydrogens (tertiary/aromatic N) is 2. The fourth-order valence-corrected chi connectivity index (χ4v) is 6.48. The summed E-state index contributed by atoms with van der Waals surface area (Å²) in [5.74, 6) is 0.889. The number of hydrogen-bond acceptors (Lipinski definition) is 5. The second-order valence-corrected chi connectivity index (χ2v) is 15.3. The molecule has 0 aromatic heterocycles. The van der Waals surface area contributed by atoms with Crippen LogP contribution in [0.1, 0.15) is 68.9 Å². The molecule has 0 radical (unpaired) electrons. The molecule has 5 rings (SSSR count). The fourth-order valence-electron chi connectivity index (χ4n) is 6.48. The SMILES string of the molecule is CC(C)C[C@H](NCc1ccc(C(C)(C)C)cc1)C(=O)N[C@@H](Cc1ccc(OCc2ccccc2)cc1)C(=O)N1CCN(Cc2ccccc2)CC1. The Kier molecular flexibility index (Phi) is 13.5. The molecule has 2 N–H and O–H groups in total. The lowest BCUT2D eigenvalue weighted by molar-refractivity contribution is -0.138. The van der Waals surface area contributed by atoms with E-state index in [-0.39, 0.29) is 17.2 Å². The first kappa shape index (κ1) is 37.8. The number of nitrogens with one attached hydrogen (secondary N) is 2. The third-order valence-electron chi connectivity index (χ3n) is 9.56. The van der Waals surface area contributed by atoms with Gasteiger partial charge >= 0.3 is 0 Å². The highest BCUT2D eigenvalue weighted by atomic mass is 16.5. The summed E-state index contributed by atoms with van der Waals surface area (Å²) in [6.07, 6.45) is 1.06. The number of carbonyl (C=O) groups is 2. The number of carbonyl (C=O) groups excluding carboxylic acids is 2. The zero-order chi connectivity index (χ0) is 36.2. The Labute approximate surface area is 305 Å². The van der Waals surface area contributed by atoms with Crippen molar-refractivity contribution in [2.75, 3.05) is 26.2 Å². The van der Waals surface area contributed by atoms with Crippen molar-refractivity contribution in [2.45, 2.75) is 84.7 Å². The summed E-state index contributed by atoms with van der Waals surface area (Å²) in [4.78, 5) is 32.6. The Morgan fingerprint density at radius 2 is 1.29 bits per heavy atom. The van der Waals surface area contributed by atoms with Crippen molar-refractivity contribution in [3.63, 3.8) is 0 Å². The van der Waals surface area contributed by atoms with Crippen molar-refractivity contribution in [1.82, 2.24) is 20.4 Å². The molecular formula is C44H56N4O3. The maximum Gasteiger partial charge on any atom is 0.245 e. The molecule has 7 heteroatoms. The first-order valence-electron chi connectivity index (χ1n) is 18.5. The molecule has 0 saturated carbocycles. The minimum Gasteiger partial charge on any atom is -0.489 e. The molecule has 51 heavy (non-hydrogen) atoms. The smallest absolute Gasteiger partial charge is 0.245 e. The third-order valence-corrected chi connectivity index (χ3v) is 9.56. The average Bonchev–Trinajstić information content (AvgIpc) is 3.13. The highest BCUT2D eigenvalue weighted by Gasteiger charge is 2.31. The Bertz CT molecular complexity index is 1640. The Morgan fingerprint density at radius 3 is 1.88 bits per heavy atom. The lowest BCUT2D eigenvalue weighted by atomic mass is 9.87. The van der Waals surface area contributed by atoms with Gasteiger partial charge in [0, 0.05) is 45.7 Å². The molecule has 2 amide bonds. The van der Waals surface area contributed by atoms with Gasteiger partial charge < -0.3 is 20.3 Å². The van der Waals surface area contributed by atoms with Gasteiger partial charge in [-0.05, 0) is 57.7 Å². The number of ether oxygens (including phenoxy) is 1. The molecule has 1 aliphatic heterocycles. The van der Waals surface area contributed by atoms with E-state index in [4.69, 9.17) is 4.74 Å². The van der Waals surface area contributed by atoms with Gasteiger partial charge in [0.05, 0.1) is 6.04 Å². The number of amides is 2. The van der Waals surface area contributed by atoms with Crippen LogP contribution in [0.5, 0.6) is 5.75 Å². The van der Waals surface area contributed by atoms with Crippen molar-refractivity contribution in [1.29, 1.82) is 0 Å². The molecule has 0 unspecified atom stereocenters. The standard InChI is InChI=1S/C44H56N4O3/c1-33(2)28-40(45-30-35-16-20-38(21-17-35)44(3,4)5)42(49)46-41(29-34-18-22-39(23-19-34)51-32-37-14-10-7-11-15-37)43(50)48-26-24-47(25-27-48)31-36-12-8-6-9-13-36/h6-23,33,40-41,45H,24-32H2,1-5H3,(H,46,49)/t40-,41-/m0/s1. The monoisotopic (exact) mass is 688 g/mol. The van der Waals surface area contributed by atoms with Crippen LogP contribution in [0.4, 0.5) is 0 Å². The maximum absolute atomic E-state index is 14.2. The molecule has 4 aromatic rings. The number of hydrogen-bond donors (Lipinski definition) is 2. The van der Waals surface area contributed by atoms with E-state index in [1.54, 1.807) is 0 Å². The Morgan fingerprint density at radius 1 is 0.706 bits per heavy atom. The molecule has 1 fully saturated rings. The molecule has 1 saturated heterocycles. The van der Waals surface area contributed by atoms with Gasteiger partial charge in [-0.1, -0.05) is 132 Å². The van der Waals surface area contributed by atoms with Gasteiger partial charge in [0.1, 0.15) is 18.4 Å². The lowest BCUT2D eigenvalue weighted by Gasteiger charge is -2.37. The van der Waals surface area contributed by atoms with Crippen LogP contribution in [-0.2, 0) is 41.1 Å². The summed E-state index contributed by atoms with van der Waals surface area (Å²) in [5.41, 5.74) is 5.83. The van der Waals surface area contributed by atoms with Crippen LogP contribution in [0.25, 0.3) is 0 Å². The van der Waals surface area contributed by atoms with Gasteiger partial charge in [0.15, 0.2) is 0 Å². The highest BCUT2D eigenvalue weighted by Crippen LogP contribution is 2.22. The van der Waals surface area contributed by atoms with Crippen molar-refractivity contribution >= 4 is 11.8 Å². The third kappa shape index (κ3) is 11.8. The lowest BCUT2D eigenvalue weighted by Crippen LogP contribution is -2.57. The number of rotatable bonds is 15. The van der Waals surface area contributed by atoms with Crippen molar-refractivity contribution in [3.05, 3.63) is 137 Å². The van der Waals surface area contributed by atoms with E-state index in [0.717, 1.165) is 42.1 Å². The Hall–Kier alpha value is -4.46. The largest absolute Gasteiger partial charge is 0.489 e. The summed E-state index contributed by atoms with van der Waals surface area (Å²) < 4.78 is 6.01. The first-order valence-corrected chi connectivity index (χ1v) is 18.5. The summed E-state index contributed by atoms with van der Waals surface area (Å²) in [6.45, 7) is 15.6. The van der Waals surface area contributed by atoms with Crippen LogP contribution in [-0.4, -0.2) is 59.9 Å². The van der Waals surface area contributed by atoms with E-state index >= 15 is 0 Å². The topological polar surface area (TPSA) is 73.9 Å². The van der Waals surface area contributed by atoms with Crippen LogP contribution in [0.2, 0.25) is 0 Å². The molecule has 1 heterocycles. The van der Waals surface area contributed by atoms with E-state index in [2.05, 4.69) is 98.7 Å². The quantitative estimate of drug-likeness (QED) is 0.139. The van der Waals surface area contributed by atoms with Crippen molar-refractivity contribution in [2.24, 2.45) is 5.92 Å². The van der Waals surface area contributed by atoms with E-state index in [9.17, 15) is 9.59 Å². The number of piperazine rings is 1. The van der Waals surface area contributed by atoms with Crippen LogP contribution in [0, 0.1) is 5.92 Å². The van der Waals surface area contributed by atoms with Crippen LogP contribution >= 0.6 is 0 Å². The second kappa shape index (κ2) is 18.2. The molecular weight excluding hydrogens is 633 g/mol. The fraction of sp³-hybridized carbons (Fsp3) is 0.409. The normalized spacial score (nSPS) is 15.0. The molecule has 0 aliphatic carbocycles. The van der Waals surface area contributed by atoms with Crippen molar-refractivity contribution in [3.8, 4) is 5.75 Å². The van der Waals surface area contributed by atoms with Crippen LogP contribution < -0.4 is 15.4 Å². The molecule has 4 aromatic carbocycles. The van der Waals surface area contributed by atoms with E-state index in [1.165, 1.54) is 11.1 Å². The van der Waals surface area contributed by atoms with Gasteiger partial charge in [-0.25, -0.2) is 0 Å². The van der Waals surface area contributed by atoms with E-state index in [1.807, 2.05) is 65.6 Å². The van der Waals surface area contributed by atoms with Crippen LogP contribution in [0.15, 0.2) is 109 Å². The van der Waals surface area contributed by atoms with E-state index in [0.29, 0.717) is 45.0 Å². The first-order chi connectivity index (χ1) is 24.5. The molecule has 0 spiro atoms. The molecule has 1 aliphatic rings. The maximum atomic E-state index is 14.2. The summed E-state index contributed by atoms with van der Waals surface area (Å²) >= 11 is 0. The molecule has 0 bridgehead atoms. The molecule has 2 atom stereocenters. The second-order valence-electron chi connectivity index (χ2n) is 15.3. The molecule has 7 nitrogen and oxygen atoms in total. The number of benzene rings is 4. The van der Waals surface area contributed by atoms with Gasteiger partial charge in [0.25, 0.3) is 0 Å². The predicted molar refractivity (Wildman–Crippen MR) is 206 cm³/mol. The van der Waals surface area contributed by atoms with Gasteiger partial charge in [-0.15, -0.1) is 0 Å². The predicted octanol–water partition coefficient (Wildman–Crippen LogP) is 7.14. The zero-order valence-corrected chi connectivity index (χ0v) is 31.1.